The maximum Gasteiger partial charge on any atom is 0.252 e. The fourth-order valence-electron chi connectivity index (χ4n) is 1.76. The van der Waals surface area contributed by atoms with Crippen LogP contribution >= 0.6 is 11.6 Å². The van der Waals surface area contributed by atoms with Gasteiger partial charge < -0.3 is 5.32 Å². The highest BCUT2D eigenvalue weighted by atomic mass is 35.5. The summed E-state index contributed by atoms with van der Waals surface area (Å²) in [7, 11) is -3.35. The van der Waals surface area contributed by atoms with E-state index in [0.717, 1.165) is 31.9 Å². The maximum absolute atomic E-state index is 12.0. The molecule has 20 heavy (non-hydrogen) atoms. The number of nitrogens with one attached hydrogen (secondary N) is 1. The van der Waals surface area contributed by atoms with Gasteiger partial charge in [0.2, 0.25) is 0 Å². The van der Waals surface area contributed by atoms with Crippen molar-refractivity contribution in [2.75, 3.05) is 12.8 Å². The van der Waals surface area contributed by atoms with Gasteiger partial charge in [0.15, 0.2) is 9.84 Å². The molecule has 6 heteroatoms. The number of hydrogen-bond donors (Lipinski definition) is 1. The first-order chi connectivity index (χ1) is 9.36. The third-order valence-corrected chi connectivity index (χ3v) is 4.37. The number of carbonyl (C=O) groups excluding carboxylic acids is 1. The summed E-state index contributed by atoms with van der Waals surface area (Å²) in [6.07, 6.45) is 5.34. The Morgan fingerprint density at radius 1 is 1.25 bits per heavy atom. The van der Waals surface area contributed by atoms with Gasteiger partial charge in [-0.25, -0.2) is 8.42 Å². The average Bonchev–Trinajstić information content (AvgIpc) is 2.37. The molecule has 1 aromatic rings. The monoisotopic (exact) mass is 317 g/mol. The van der Waals surface area contributed by atoms with E-state index in [0.29, 0.717) is 6.54 Å². The molecule has 1 N–H and O–H groups in total. The number of rotatable bonds is 7. The topological polar surface area (TPSA) is 63.2 Å². The summed E-state index contributed by atoms with van der Waals surface area (Å²) >= 11 is 5.95. The minimum Gasteiger partial charge on any atom is -0.352 e. The first kappa shape index (κ1) is 17.0. The van der Waals surface area contributed by atoms with Crippen LogP contribution in [-0.2, 0) is 9.84 Å². The molecule has 0 bridgehead atoms. The Bertz CT molecular complexity index is 570. The highest BCUT2D eigenvalue weighted by Crippen LogP contribution is 2.20. The Labute approximate surface area is 125 Å². The first-order valence-corrected chi connectivity index (χ1v) is 8.91. The molecule has 0 unspecified atom stereocenters. The van der Waals surface area contributed by atoms with Gasteiger partial charge in [0.25, 0.3) is 5.91 Å². The van der Waals surface area contributed by atoms with Crippen LogP contribution in [-0.4, -0.2) is 27.1 Å². The molecule has 0 radical (unpaired) electrons. The van der Waals surface area contributed by atoms with Gasteiger partial charge in [-0.2, -0.15) is 0 Å². The minimum atomic E-state index is -3.35. The van der Waals surface area contributed by atoms with Gasteiger partial charge in [-0.05, 0) is 24.6 Å². The highest BCUT2D eigenvalue weighted by Gasteiger charge is 2.15. The lowest BCUT2D eigenvalue weighted by atomic mass is 10.2. The molecule has 0 saturated heterocycles. The van der Waals surface area contributed by atoms with E-state index in [9.17, 15) is 13.2 Å². The molecule has 0 spiro atoms. The van der Waals surface area contributed by atoms with Crippen molar-refractivity contribution in [3.63, 3.8) is 0 Å². The van der Waals surface area contributed by atoms with Crippen LogP contribution < -0.4 is 5.32 Å². The number of halogens is 1. The largest absolute Gasteiger partial charge is 0.352 e. The van der Waals surface area contributed by atoms with Crippen molar-refractivity contribution in [3.8, 4) is 0 Å². The number of benzene rings is 1. The molecule has 0 aliphatic rings. The molecule has 0 heterocycles. The maximum atomic E-state index is 12.0. The fraction of sp³-hybridized carbons (Fsp3) is 0.500. The van der Waals surface area contributed by atoms with Gasteiger partial charge in [0.1, 0.15) is 0 Å². The van der Waals surface area contributed by atoms with E-state index in [1.807, 2.05) is 0 Å². The summed E-state index contributed by atoms with van der Waals surface area (Å²) in [6, 6.07) is 4.15. The second-order valence-corrected chi connectivity index (χ2v) is 7.15. The summed E-state index contributed by atoms with van der Waals surface area (Å²) < 4.78 is 23.0. The SMILES string of the molecule is CCCCCCNC(=O)c1cc(S(C)(=O)=O)ccc1Cl. The lowest BCUT2D eigenvalue weighted by Gasteiger charge is -2.08. The zero-order valence-electron chi connectivity index (χ0n) is 11.8. The van der Waals surface area contributed by atoms with Gasteiger partial charge in [-0.1, -0.05) is 37.8 Å². The number of hydrogen-bond acceptors (Lipinski definition) is 3. The molecule has 0 aromatic heterocycles. The molecular weight excluding hydrogens is 298 g/mol. The Balaban J connectivity index is 2.72. The van der Waals surface area contributed by atoms with E-state index in [1.54, 1.807) is 0 Å². The molecule has 0 saturated carbocycles. The van der Waals surface area contributed by atoms with E-state index in [1.165, 1.54) is 18.2 Å². The van der Waals surface area contributed by atoms with Crippen LogP contribution in [0.2, 0.25) is 5.02 Å². The molecule has 112 valence electrons. The summed E-state index contributed by atoms with van der Waals surface area (Å²) in [6.45, 7) is 2.69. The van der Waals surface area contributed by atoms with Crippen LogP contribution in [0.5, 0.6) is 0 Å². The van der Waals surface area contributed by atoms with Crippen molar-refractivity contribution >= 4 is 27.3 Å². The van der Waals surface area contributed by atoms with Crippen LogP contribution in [0.15, 0.2) is 23.1 Å². The standard InChI is InChI=1S/C14H20ClNO3S/c1-3-4-5-6-9-16-14(17)12-10-11(20(2,18)19)7-8-13(12)15/h7-8,10H,3-6,9H2,1-2H3,(H,16,17). The molecule has 1 rings (SSSR count). The van der Waals surface area contributed by atoms with Crippen LogP contribution in [0.25, 0.3) is 0 Å². The summed E-state index contributed by atoms with van der Waals surface area (Å²) in [5.74, 6) is -0.336. The number of carbonyl (C=O) groups is 1. The average molecular weight is 318 g/mol. The predicted octanol–water partition coefficient (Wildman–Crippen LogP) is 3.05. The highest BCUT2D eigenvalue weighted by molar-refractivity contribution is 7.90. The molecule has 0 aliphatic heterocycles. The zero-order chi connectivity index (χ0) is 15.2. The Morgan fingerprint density at radius 2 is 1.95 bits per heavy atom. The van der Waals surface area contributed by atoms with Gasteiger partial charge in [-0.3, -0.25) is 4.79 Å². The van der Waals surface area contributed by atoms with E-state index in [-0.39, 0.29) is 21.4 Å². The van der Waals surface area contributed by atoms with Crippen molar-refractivity contribution in [3.05, 3.63) is 28.8 Å². The van der Waals surface area contributed by atoms with Crippen LogP contribution in [0, 0.1) is 0 Å². The van der Waals surface area contributed by atoms with E-state index in [2.05, 4.69) is 12.2 Å². The van der Waals surface area contributed by atoms with Gasteiger partial charge >= 0.3 is 0 Å². The second kappa shape index (κ2) is 7.64. The van der Waals surface area contributed by atoms with E-state index in [4.69, 9.17) is 11.6 Å². The smallest absolute Gasteiger partial charge is 0.252 e. The third-order valence-electron chi connectivity index (χ3n) is 2.93. The number of unbranched alkanes of at least 4 members (excludes halogenated alkanes) is 3. The van der Waals surface area contributed by atoms with Crippen molar-refractivity contribution in [2.24, 2.45) is 0 Å². The lowest BCUT2D eigenvalue weighted by molar-refractivity contribution is 0.0953. The minimum absolute atomic E-state index is 0.0954. The predicted molar refractivity (Wildman–Crippen MR) is 81.0 cm³/mol. The van der Waals surface area contributed by atoms with Crippen molar-refractivity contribution < 1.29 is 13.2 Å². The van der Waals surface area contributed by atoms with Crippen LogP contribution in [0.4, 0.5) is 0 Å². The molecule has 0 fully saturated rings. The summed E-state index contributed by atoms with van der Waals surface area (Å²) in [5.41, 5.74) is 0.199. The van der Waals surface area contributed by atoms with Crippen molar-refractivity contribution in [2.45, 2.75) is 37.5 Å². The Hall–Kier alpha value is -1.07. The van der Waals surface area contributed by atoms with Crippen LogP contribution in [0.1, 0.15) is 43.0 Å². The number of amides is 1. The lowest BCUT2D eigenvalue weighted by Crippen LogP contribution is -2.25. The van der Waals surface area contributed by atoms with Crippen molar-refractivity contribution in [1.82, 2.24) is 5.32 Å². The van der Waals surface area contributed by atoms with Gasteiger partial charge in [0.05, 0.1) is 15.5 Å². The van der Waals surface area contributed by atoms with Gasteiger partial charge in [-0.15, -0.1) is 0 Å². The first-order valence-electron chi connectivity index (χ1n) is 6.64. The molecule has 1 amide bonds. The van der Waals surface area contributed by atoms with Gasteiger partial charge in [0, 0.05) is 12.8 Å². The summed E-state index contributed by atoms with van der Waals surface area (Å²) in [4.78, 5) is 12.1. The second-order valence-electron chi connectivity index (χ2n) is 4.73. The molecule has 0 atom stereocenters. The Kier molecular flexibility index (Phi) is 6.49. The molecule has 0 aliphatic carbocycles. The van der Waals surface area contributed by atoms with E-state index < -0.39 is 9.84 Å². The Morgan fingerprint density at radius 3 is 2.55 bits per heavy atom. The third kappa shape index (κ3) is 5.13. The molecular formula is C14H20ClNO3S. The van der Waals surface area contributed by atoms with Crippen molar-refractivity contribution in [1.29, 1.82) is 0 Å². The molecule has 4 nitrogen and oxygen atoms in total. The van der Waals surface area contributed by atoms with Crippen LogP contribution in [0.3, 0.4) is 0 Å². The fourth-order valence-corrected chi connectivity index (χ4v) is 2.61. The molecule has 1 aromatic carbocycles. The zero-order valence-corrected chi connectivity index (χ0v) is 13.4. The normalized spacial score (nSPS) is 11.3. The summed E-state index contributed by atoms with van der Waals surface area (Å²) in [5, 5.41) is 3.01. The number of sulfone groups is 1. The quantitative estimate of drug-likeness (QED) is 0.786. The van der Waals surface area contributed by atoms with E-state index >= 15 is 0 Å².